The Balaban J connectivity index is 2.25. The van der Waals surface area contributed by atoms with Gasteiger partial charge in [0.1, 0.15) is 0 Å². The first-order valence-electron chi connectivity index (χ1n) is 5.70. The topological polar surface area (TPSA) is 65.9 Å². The van der Waals surface area contributed by atoms with E-state index in [-0.39, 0.29) is 5.96 Å². The van der Waals surface area contributed by atoms with Gasteiger partial charge < -0.3 is 20.5 Å². The summed E-state index contributed by atoms with van der Waals surface area (Å²) in [5.74, 6) is 0.585. The van der Waals surface area contributed by atoms with Gasteiger partial charge in [-0.2, -0.15) is 13.2 Å². The fourth-order valence-corrected chi connectivity index (χ4v) is 1.52. The summed E-state index contributed by atoms with van der Waals surface area (Å²) >= 11 is 0. The van der Waals surface area contributed by atoms with Gasteiger partial charge in [0.25, 0.3) is 0 Å². The molecule has 8 heteroatoms. The fourth-order valence-electron chi connectivity index (χ4n) is 1.52. The lowest BCUT2D eigenvalue weighted by Crippen LogP contribution is -2.46. The Hall–Kier alpha value is -1.02. The smallest absolute Gasteiger partial charge is 0.382 e. The number of halogens is 3. The van der Waals surface area contributed by atoms with Gasteiger partial charge in [0.15, 0.2) is 12.1 Å². The predicted octanol–water partition coefficient (Wildman–Crippen LogP) is 0.111. The zero-order valence-electron chi connectivity index (χ0n) is 10.1. The van der Waals surface area contributed by atoms with Crippen molar-refractivity contribution in [3.05, 3.63) is 0 Å². The van der Waals surface area contributed by atoms with Crippen molar-refractivity contribution in [2.24, 2.45) is 10.9 Å². The number of aliphatic imine (C=N–C) groups is 1. The van der Waals surface area contributed by atoms with Crippen molar-refractivity contribution >= 4 is 5.96 Å². The van der Waals surface area contributed by atoms with Crippen molar-refractivity contribution in [2.75, 3.05) is 33.4 Å². The summed E-state index contributed by atoms with van der Waals surface area (Å²) in [6.45, 7) is 1.33. The van der Waals surface area contributed by atoms with E-state index < -0.39 is 18.8 Å². The van der Waals surface area contributed by atoms with Crippen LogP contribution >= 0.6 is 0 Å². The number of nitrogens with zero attached hydrogens (tertiary/aromatic N) is 1. The summed E-state index contributed by atoms with van der Waals surface area (Å²) in [7, 11) is 1.46. The minimum atomic E-state index is -4.62. The van der Waals surface area contributed by atoms with Crippen LogP contribution in [0.1, 0.15) is 6.42 Å². The number of alkyl halides is 3. The summed E-state index contributed by atoms with van der Waals surface area (Å²) in [5.41, 5.74) is 0. The first-order valence-corrected chi connectivity index (χ1v) is 5.70. The molecule has 0 bridgehead atoms. The van der Waals surface area contributed by atoms with E-state index in [0.717, 1.165) is 6.42 Å². The summed E-state index contributed by atoms with van der Waals surface area (Å²) in [6.07, 6.45) is -6.09. The average Bonchev–Trinajstić information content (AvgIpc) is 2.80. The maximum atomic E-state index is 12.1. The van der Waals surface area contributed by atoms with Gasteiger partial charge in [-0.1, -0.05) is 0 Å². The molecule has 106 valence electrons. The van der Waals surface area contributed by atoms with Gasteiger partial charge in [0.2, 0.25) is 0 Å². The van der Waals surface area contributed by atoms with Crippen molar-refractivity contribution < 1.29 is 23.0 Å². The van der Waals surface area contributed by atoms with Crippen LogP contribution in [0, 0.1) is 5.92 Å². The van der Waals surface area contributed by atoms with Gasteiger partial charge in [0.05, 0.1) is 13.2 Å². The summed E-state index contributed by atoms with van der Waals surface area (Å²) in [4.78, 5) is 3.78. The summed E-state index contributed by atoms with van der Waals surface area (Å²) in [6, 6.07) is 0. The number of hydrogen-bond acceptors (Lipinski definition) is 3. The lowest BCUT2D eigenvalue weighted by molar-refractivity contribution is -0.201. The highest BCUT2D eigenvalue weighted by Gasteiger charge is 2.38. The van der Waals surface area contributed by atoms with Gasteiger partial charge in [-0.15, -0.1) is 0 Å². The largest absolute Gasteiger partial charge is 0.416 e. The third kappa shape index (κ3) is 5.09. The molecular weight excluding hydrogens is 251 g/mol. The molecule has 0 saturated carbocycles. The second-order valence-electron chi connectivity index (χ2n) is 4.12. The van der Waals surface area contributed by atoms with Gasteiger partial charge in [-0.05, 0) is 6.42 Å². The van der Waals surface area contributed by atoms with E-state index in [4.69, 9.17) is 9.84 Å². The van der Waals surface area contributed by atoms with Crippen LogP contribution in [0.25, 0.3) is 0 Å². The quantitative estimate of drug-likeness (QED) is 0.501. The molecule has 0 amide bonds. The lowest BCUT2D eigenvalue weighted by Gasteiger charge is -2.18. The molecule has 0 aromatic rings. The second-order valence-corrected chi connectivity index (χ2v) is 4.12. The number of ether oxygens (including phenoxy) is 1. The summed E-state index contributed by atoms with van der Waals surface area (Å²) in [5, 5.41) is 14.1. The Bertz CT molecular complexity index is 278. The monoisotopic (exact) mass is 269 g/mol. The van der Waals surface area contributed by atoms with E-state index in [9.17, 15) is 13.2 Å². The Labute approximate surface area is 103 Å². The molecule has 3 N–H and O–H groups in total. The molecule has 0 aromatic carbocycles. The van der Waals surface area contributed by atoms with E-state index in [1.807, 2.05) is 0 Å². The Kier molecular flexibility index (Phi) is 5.67. The molecule has 1 rings (SSSR count). The summed E-state index contributed by atoms with van der Waals surface area (Å²) < 4.78 is 41.4. The second kappa shape index (κ2) is 6.79. The molecule has 2 atom stereocenters. The maximum absolute atomic E-state index is 12.1. The van der Waals surface area contributed by atoms with E-state index in [2.05, 4.69) is 15.6 Å². The Morgan fingerprint density at radius 1 is 1.50 bits per heavy atom. The number of rotatable bonds is 4. The normalized spacial score (nSPS) is 22.9. The zero-order valence-corrected chi connectivity index (χ0v) is 10.1. The van der Waals surface area contributed by atoms with Crippen molar-refractivity contribution in [1.82, 2.24) is 10.6 Å². The first kappa shape index (κ1) is 15.0. The van der Waals surface area contributed by atoms with Crippen LogP contribution in [-0.2, 0) is 4.74 Å². The minimum absolute atomic E-state index is 0.241. The standard InChI is InChI=1S/C10H18F3N3O2/c1-14-9(15-4-7-2-3-18-6-7)16-5-8(17)10(11,12)13/h7-8,17H,2-6H2,1H3,(H2,14,15,16). The Morgan fingerprint density at radius 2 is 2.22 bits per heavy atom. The number of aliphatic hydroxyl groups is 1. The minimum Gasteiger partial charge on any atom is -0.382 e. The van der Waals surface area contributed by atoms with Crippen LogP contribution in [0.2, 0.25) is 0 Å². The number of guanidine groups is 1. The number of aliphatic hydroxyl groups excluding tert-OH is 1. The van der Waals surface area contributed by atoms with E-state index in [1.54, 1.807) is 0 Å². The lowest BCUT2D eigenvalue weighted by atomic mass is 10.1. The molecule has 1 heterocycles. The first-order chi connectivity index (χ1) is 8.43. The molecule has 0 aromatic heterocycles. The van der Waals surface area contributed by atoms with Crippen molar-refractivity contribution in [1.29, 1.82) is 0 Å². The SMILES string of the molecule is CN=C(NCC1CCOC1)NCC(O)C(F)(F)F. The maximum Gasteiger partial charge on any atom is 0.416 e. The third-order valence-corrected chi connectivity index (χ3v) is 2.65. The highest BCUT2D eigenvalue weighted by Crippen LogP contribution is 2.19. The van der Waals surface area contributed by atoms with Gasteiger partial charge >= 0.3 is 6.18 Å². The van der Waals surface area contributed by atoms with Crippen LogP contribution in [-0.4, -0.2) is 56.7 Å². The van der Waals surface area contributed by atoms with Crippen LogP contribution in [0.3, 0.4) is 0 Å². The molecule has 1 fully saturated rings. The third-order valence-electron chi connectivity index (χ3n) is 2.65. The van der Waals surface area contributed by atoms with Crippen LogP contribution in [0.5, 0.6) is 0 Å². The van der Waals surface area contributed by atoms with Crippen molar-refractivity contribution in [2.45, 2.75) is 18.7 Å². The zero-order chi connectivity index (χ0) is 13.6. The van der Waals surface area contributed by atoms with E-state index in [1.165, 1.54) is 7.05 Å². The fraction of sp³-hybridized carbons (Fsp3) is 0.900. The van der Waals surface area contributed by atoms with Gasteiger partial charge in [-0.3, -0.25) is 4.99 Å². The van der Waals surface area contributed by atoms with Crippen LogP contribution < -0.4 is 10.6 Å². The van der Waals surface area contributed by atoms with Crippen LogP contribution in [0.4, 0.5) is 13.2 Å². The molecule has 0 aliphatic carbocycles. The van der Waals surface area contributed by atoms with Gasteiger partial charge in [-0.25, -0.2) is 0 Å². The molecule has 1 saturated heterocycles. The van der Waals surface area contributed by atoms with E-state index in [0.29, 0.717) is 25.7 Å². The number of nitrogens with one attached hydrogen (secondary N) is 2. The van der Waals surface area contributed by atoms with E-state index >= 15 is 0 Å². The molecule has 1 aliphatic rings. The number of hydrogen-bond donors (Lipinski definition) is 3. The Morgan fingerprint density at radius 3 is 2.72 bits per heavy atom. The molecule has 0 radical (unpaired) electrons. The van der Waals surface area contributed by atoms with Crippen molar-refractivity contribution in [3.63, 3.8) is 0 Å². The highest BCUT2D eigenvalue weighted by molar-refractivity contribution is 5.79. The molecular formula is C10H18F3N3O2. The molecule has 1 aliphatic heterocycles. The van der Waals surface area contributed by atoms with Crippen LogP contribution in [0.15, 0.2) is 4.99 Å². The molecule has 18 heavy (non-hydrogen) atoms. The predicted molar refractivity (Wildman–Crippen MR) is 60.4 cm³/mol. The molecule has 5 nitrogen and oxygen atoms in total. The van der Waals surface area contributed by atoms with Gasteiger partial charge in [0, 0.05) is 26.1 Å². The highest BCUT2D eigenvalue weighted by atomic mass is 19.4. The average molecular weight is 269 g/mol. The molecule has 2 unspecified atom stereocenters. The molecule has 0 spiro atoms. The van der Waals surface area contributed by atoms with Crippen molar-refractivity contribution in [3.8, 4) is 0 Å².